The minimum atomic E-state index is -0.121. The Morgan fingerprint density at radius 3 is 2.19 bits per heavy atom. The molecule has 0 atom stereocenters. The molecule has 1 saturated heterocycles. The van der Waals surface area contributed by atoms with Crippen LogP contribution in [0.1, 0.15) is 23.2 Å². The number of carbonyl (C=O) groups excluding carboxylic acids is 1. The molecule has 0 radical (unpaired) electrons. The summed E-state index contributed by atoms with van der Waals surface area (Å²) in [5.41, 5.74) is 8.90. The first-order valence-corrected chi connectivity index (χ1v) is 7.24. The standard InChI is InChI=1S/C17H19N3O/c18-14-5-3-13(4-6-14)17(21)19-15-7-9-16(10-8-15)20-11-1-2-12-20/h3-10H,1-2,11-12,18H2,(H,19,21). The van der Waals surface area contributed by atoms with Crippen LogP contribution in [0.2, 0.25) is 0 Å². The Kier molecular flexibility index (Phi) is 3.77. The lowest BCUT2D eigenvalue weighted by molar-refractivity contribution is 0.102. The maximum Gasteiger partial charge on any atom is 0.255 e. The molecule has 108 valence electrons. The van der Waals surface area contributed by atoms with E-state index in [1.165, 1.54) is 18.5 Å². The highest BCUT2D eigenvalue weighted by Gasteiger charge is 2.12. The fourth-order valence-corrected chi connectivity index (χ4v) is 2.57. The molecule has 1 heterocycles. The Morgan fingerprint density at radius 1 is 0.952 bits per heavy atom. The minimum Gasteiger partial charge on any atom is -0.399 e. The molecule has 2 aromatic carbocycles. The molecule has 0 aliphatic carbocycles. The van der Waals surface area contributed by atoms with Crippen molar-refractivity contribution in [2.45, 2.75) is 12.8 Å². The molecule has 1 fully saturated rings. The average Bonchev–Trinajstić information content (AvgIpc) is 3.03. The van der Waals surface area contributed by atoms with Gasteiger partial charge in [0.2, 0.25) is 0 Å². The van der Waals surface area contributed by atoms with E-state index < -0.39 is 0 Å². The van der Waals surface area contributed by atoms with Crippen molar-refractivity contribution in [2.75, 3.05) is 29.0 Å². The molecule has 0 aromatic heterocycles. The van der Waals surface area contributed by atoms with E-state index in [9.17, 15) is 4.79 Å². The lowest BCUT2D eigenvalue weighted by Crippen LogP contribution is -2.17. The first-order chi connectivity index (χ1) is 10.2. The Balaban J connectivity index is 1.67. The molecule has 0 spiro atoms. The molecule has 3 N–H and O–H groups in total. The highest BCUT2D eigenvalue weighted by atomic mass is 16.1. The van der Waals surface area contributed by atoms with Gasteiger partial charge in [-0.25, -0.2) is 0 Å². The molecule has 4 heteroatoms. The molecule has 21 heavy (non-hydrogen) atoms. The fourth-order valence-electron chi connectivity index (χ4n) is 2.57. The summed E-state index contributed by atoms with van der Waals surface area (Å²) < 4.78 is 0. The van der Waals surface area contributed by atoms with E-state index in [0.29, 0.717) is 11.3 Å². The van der Waals surface area contributed by atoms with Crippen LogP contribution in [0.5, 0.6) is 0 Å². The van der Waals surface area contributed by atoms with E-state index in [4.69, 9.17) is 5.73 Å². The van der Waals surface area contributed by atoms with E-state index in [-0.39, 0.29) is 5.91 Å². The molecule has 1 amide bonds. The van der Waals surface area contributed by atoms with Crippen molar-refractivity contribution in [1.29, 1.82) is 0 Å². The van der Waals surface area contributed by atoms with Crippen LogP contribution in [-0.4, -0.2) is 19.0 Å². The summed E-state index contributed by atoms with van der Waals surface area (Å²) in [7, 11) is 0. The number of nitrogens with one attached hydrogen (secondary N) is 1. The fraction of sp³-hybridized carbons (Fsp3) is 0.235. The number of carbonyl (C=O) groups is 1. The normalized spacial score (nSPS) is 14.2. The highest BCUT2D eigenvalue weighted by molar-refractivity contribution is 6.04. The number of hydrogen-bond acceptors (Lipinski definition) is 3. The van der Waals surface area contributed by atoms with Crippen molar-refractivity contribution in [2.24, 2.45) is 0 Å². The predicted octanol–water partition coefficient (Wildman–Crippen LogP) is 3.12. The Hall–Kier alpha value is -2.49. The maximum absolute atomic E-state index is 12.1. The smallest absolute Gasteiger partial charge is 0.255 e. The summed E-state index contributed by atoms with van der Waals surface area (Å²) in [6.07, 6.45) is 2.52. The number of amides is 1. The van der Waals surface area contributed by atoms with Crippen LogP contribution >= 0.6 is 0 Å². The van der Waals surface area contributed by atoms with Gasteiger partial charge in [0.15, 0.2) is 0 Å². The summed E-state index contributed by atoms with van der Waals surface area (Å²) in [5.74, 6) is -0.121. The quantitative estimate of drug-likeness (QED) is 0.850. The van der Waals surface area contributed by atoms with Crippen LogP contribution in [0.4, 0.5) is 17.1 Å². The van der Waals surface area contributed by atoms with Gasteiger partial charge >= 0.3 is 0 Å². The second-order valence-corrected chi connectivity index (χ2v) is 5.32. The summed E-state index contributed by atoms with van der Waals surface area (Å²) in [5, 5.41) is 2.90. The number of nitrogen functional groups attached to an aromatic ring is 1. The van der Waals surface area contributed by atoms with E-state index >= 15 is 0 Å². The van der Waals surface area contributed by atoms with Crippen molar-refractivity contribution >= 4 is 23.0 Å². The van der Waals surface area contributed by atoms with Gasteiger partial charge in [0.1, 0.15) is 0 Å². The lowest BCUT2D eigenvalue weighted by Gasteiger charge is -2.17. The van der Waals surface area contributed by atoms with Gasteiger partial charge in [-0.05, 0) is 61.4 Å². The van der Waals surface area contributed by atoms with Crippen LogP contribution in [0.3, 0.4) is 0 Å². The molecular weight excluding hydrogens is 262 g/mol. The van der Waals surface area contributed by atoms with Gasteiger partial charge in [-0.1, -0.05) is 0 Å². The zero-order chi connectivity index (χ0) is 14.7. The first-order valence-electron chi connectivity index (χ1n) is 7.24. The zero-order valence-electron chi connectivity index (χ0n) is 11.9. The Labute approximate surface area is 124 Å². The molecule has 1 aliphatic rings. The molecule has 3 rings (SSSR count). The molecule has 0 saturated carbocycles. The van der Waals surface area contributed by atoms with Crippen LogP contribution < -0.4 is 16.0 Å². The topological polar surface area (TPSA) is 58.4 Å². The number of rotatable bonds is 3. The van der Waals surface area contributed by atoms with Crippen LogP contribution in [0.15, 0.2) is 48.5 Å². The van der Waals surface area contributed by atoms with Crippen molar-refractivity contribution in [3.8, 4) is 0 Å². The highest BCUT2D eigenvalue weighted by Crippen LogP contribution is 2.22. The zero-order valence-corrected chi connectivity index (χ0v) is 11.9. The van der Waals surface area contributed by atoms with E-state index in [0.717, 1.165) is 18.8 Å². The number of nitrogens with two attached hydrogens (primary N) is 1. The van der Waals surface area contributed by atoms with Crippen molar-refractivity contribution in [3.63, 3.8) is 0 Å². The lowest BCUT2D eigenvalue weighted by atomic mass is 10.2. The van der Waals surface area contributed by atoms with Gasteiger partial charge < -0.3 is 16.0 Å². The first kappa shape index (κ1) is 13.5. The van der Waals surface area contributed by atoms with Gasteiger partial charge in [-0.15, -0.1) is 0 Å². The van der Waals surface area contributed by atoms with Crippen molar-refractivity contribution < 1.29 is 4.79 Å². The third-order valence-corrected chi connectivity index (χ3v) is 3.77. The summed E-state index contributed by atoms with van der Waals surface area (Å²) in [6.45, 7) is 2.24. The number of nitrogens with zero attached hydrogens (tertiary/aromatic N) is 1. The molecule has 0 unspecified atom stereocenters. The van der Waals surface area contributed by atoms with Crippen molar-refractivity contribution in [3.05, 3.63) is 54.1 Å². The second-order valence-electron chi connectivity index (χ2n) is 5.32. The molecular formula is C17H19N3O. The van der Waals surface area contributed by atoms with Crippen LogP contribution in [0, 0.1) is 0 Å². The third-order valence-electron chi connectivity index (χ3n) is 3.77. The third kappa shape index (κ3) is 3.16. The molecule has 0 bridgehead atoms. The van der Waals surface area contributed by atoms with E-state index in [2.05, 4.69) is 22.3 Å². The van der Waals surface area contributed by atoms with Gasteiger partial charge in [0.05, 0.1) is 0 Å². The van der Waals surface area contributed by atoms with Gasteiger partial charge in [-0.2, -0.15) is 0 Å². The van der Waals surface area contributed by atoms with Crippen LogP contribution in [-0.2, 0) is 0 Å². The molecule has 4 nitrogen and oxygen atoms in total. The SMILES string of the molecule is Nc1ccc(C(=O)Nc2ccc(N3CCCC3)cc2)cc1. The predicted molar refractivity (Wildman–Crippen MR) is 86.7 cm³/mol. The Morgan fingerprint density at radius 2 is 1.57 bits per heavy atom. The summed E-state index contributed by atoms with van der Waals surface area (Å²) in [4.78, 5) is 14.5. The summed E-state index contributed by atoms with van der Waals surface area (Å²) in [6, 6.07) is 14.9. The Bertz CT molecular complexity index is 613. The molecule has 1 aliphatic heterocycles. The van der Waals surface area contributed by atoms with Gasteiger partial charge in [-0.3, -0.25) is 4.79 Å². The van der Waals surface area contributed by atoms with Crippen LogP contribution in [0.25, 0.3) is 0 Å². The van der Waals surface area contributed by atoms with Gasteiger partial charge in [0.25, 0.3) is 5.91 Å². The maximum atomic E-state index is 12.1. The minimum absolute atomic E-state index is 0.121. The second kappa shape index (κ2) is 5.87. The summed E-state index contributed by atoms with van der Waals surface area (Å²) >= 11 is 0. The number of benzene rings is 2. The molecule has 2 aromatic rings. The largest absolute Gasteiger partial charge is 0.399 e. The number of hydrogen-bond donors (Lipinski definition) is 2. The average molecular weight is 281 g/mol. The van der Waals surface area contributed by atoms with Gasteiger partial charge in [0, 0.05) is 35.7 Å². The van der Waals surface area contributed by atoms with E-state index in [1.807, 2.05) is 12.1 Å². The monoisotopic (exact) mass is 281 g/mol. The number of anilines is 3. The van der Waals surface area contributed by atoms with Crippen molar-refractivity contribution in [1.82, 2.24) is 0 Å². The van der Waals surface area contributed by atoms with E-state index in [1.54, 1.807) is 24.3 Å².